The average Bonchev–Trinajstić information content (AvgIpc) is 3.07. The molecular formula is C30H38N4O16. The molecule has 274 valence electrons. The SMILES string of the molecule is [2H]C(=O)OCc1ccc(O[C@@H]2OC(C(=O)O)=C[C@H](O)[C@H]2O)c(NC(=O)CNC(=O)C(CNC(=O)CCOC)NC(=O)CCC(=O)CCC(=O)O)c1. The summed E-state index contributed by atoms with van der Waals surface area (Å²) >= 11 is 0. The molecule has 1 aliphatic rings. The molecule has 20 heteroatoms. The second-order valence-electron chi connectivity index (χ2n) is 10.5. The summed E-state index contributed by atoms with van der Waals surface area (Å²) in [5.74, 6) is -7.37. The summed E-state index contributed by atoms with van der Waals surface area (Å²) in [6, 6.07) is 2.35. The first-order chi connectivity index (χ1) is 24.1. The highest BCUT2D eigenvalue weighted by molar-refractivity contribution is 5.97. The third-order valence-electron chi connectivity index (χ3n) is 6.62. The molecule has 0 aliphatic carbocycles. The van der Waals surface area contributed by atoms with E-state index in [1.165, 1.54) is 25.3 Å². The van der Waals surface area contributed by atoms with Gasteiger partial charge in [0, 0.05) is 39.3 Å². The molecule has 20 nitrogen and oxygen atoms in total. The van der Waals surface area contributed by atoms with E-state index in [2.05, 4.69) is 26.0 Å². The van der Waals surface area contributed by atoms with Gasteiger partial charge in [-0.25, -0.2) is 4.79 Å². The van der Waals surface area contributed by atoms with Gasteiger partial charge in [-0.15, -0.1) is 0 Å². The number of ether oxygens (including phenoxy) is 4. The van der Waals surface area contributed by atoms with Crippen molar-refractivity contribution in [1.82, 2.24) is 16.0 Å². The number of methoxy groups -OCH3 is 1. The second-order valence-corrected chi connectivity index (χ2v) is 10.5. The van der Waals surface area contributed by atoms with Crippen molar-refractivity contribution < 1.29 is 79.1 Å². The fraction of sp³-hybridized carbons (Fsp3) is 0.467. The number of nitrogens with one attached hydrogen (secondary N) is 4. The number of hydrogen-bond acceptors (Lipinski definition) is 14. The van der Waals surface area contributed by atoms with E-state index in [0.717, 1.165) is 6.08 Å². The minimum Gasteiger partial charge on any atom is -0.481 e. The van der Waals surface area contributed by atoms with Crippen LogP contribution in [0.25, 0.3) is 0 Å². The van der Waals surface area contributed by atoms with Crippen LogP contribution in [0.2, 0.25) is 0 Å². The first kappa shape index (κ1) is 38.8. The Morgan fingerprint density at radius 1 is 0.980 bits per heavy atom. The number of ketones is 1. The van der Waals surface area contributed by atoms with Gasteiger partial charge in [-0.05, 0) is 23.8 Å². The zero-order valence-corrected chi connectivity index (χ0v) is 26.7. The quantitative estimate of drug-likeness (QED) is 0.0621. The normalized spacial score (nSPS) is 17.4. The highest BCUT2D eigenvalue weighted by Crippen LogP contribution is 2.30. The van der Waals surface area contributed by atoms with Crippen molar-refractivity contribution in [3.8, 4) is 5.75 Å². The highest BCUT2D eigenvalue weighted by atomic mass is 16.7. The minimum atomic E-state index is -1.78. The van der Waals surface area contributed by atoms with Gasteiger partial charge < -0.3 is 60.6 Å². The number of aliphatic carboxylic acids is 2. The molecule has 2 rings (SSSR count). The Hall–Kier alpha value is -5.60. The smallest absolute Gasteiger partial charge is 0.371 e. The lowest BCUT2D eigenvalue weighted by molar-refractivity contribution is -0.172. The van der Waals surface area contributed by atoms with Gasteiger partial charge in [-0.3, -0.25) is 33.6 Å². The van der Waals surface area contributed by atoms with Crippen molar-refractivity contribution in [2.24, 2.45) is 0 Å². The number of rotatable bonds is 21. The lowest BCUT2D eigenvalue weighted by Crippen LogP contribution is -2.53. The van der Waals surface area contributed by atoms with Crippen molar-refractivity contribution >= 4 is 53.5 Å². The van der Waals surface area contributed by atoms with Crippen LogP contribution in [-0.4, -0.2) is 120 Å². The van der Waals surface area contributed by atoms with Gasteiger partial charge in [0.05, 0.1) is 25.3 Å². The Bertz CT molecular complexity index is 1500. The van der Waals surface area contributed by atoms with Crippen molar-refractivity contribution in [2.75, 3.05) is 32.1 Å². The number of hydrogen-bond donors (Lipinski definition) is 8. The maximum absolute atomic E-state index is 13.0. The Morgan fingerprint density at radius 3 is 2.36 bits per heavy atom. The summed E-state index contributed by atoms with van der Waals surface area (Å²) in [6.45, 7) is -1.52. The second kappa shape index (κ2) is 20.7. The third kappa shape index (κ3) is 14.3. The van der Waals surface area contributed by atoms with Crippen LogP contribution in [0.5, 0.6) is 5.75 Å². The summed E-state index contributed by atoms with van der Waals surface area (Å²) < 4.78 is 27.0. The number of benzene rings is 1. The summed E-state index contributed by atoms with van der Waals surface area (Å²) in [6.07, 6.45) is -7.34. The molecule has 1 heterocycles. The molecule has 1 aromatic carbocycles. The van der Waals surface area contributed by atoms with Crippen molar-refractivity contribution in [1.29, 1.82) is 0 Å². The molecule has 4 atom stereocenters. The van der Waals surface area contributed by atoms with Gasteiger partial charge in [-0.2, -0.15) is 0 Å². The topological polar surface area (TPSA) is 303 Å². The molecule has 0 radical (unpaired) electrons. The zero-order valence-electron chi connectivity index (χ0n) is 27.7. The van der Waals surface area contributed by atoms with Gasteiger partial charge in [0.15, 0.2) is 7.47 Å². The minimum absolute atomic E-state index is 0.0654. The zero-order chi connectivity index (χ0) is 38.1. The van der Waals surface area contributed by atoms with E-state index in [-0.39, 0.29) is 42.9 Å². The monoisotopic (exact) mass is 711 g/mol. The van der Waals surface area contributed by atoms with E-state index in [1.54, 1.807) is 0 Å². The first-order valence-corrected chi connectivity index (χ1v) is 14.9. The molecular weight excluding hydrogens is 672 g/mol. The number of carboxylic acids is 2. The van der Waals surface area contributed by atoms with Crippen LogP contribution < -0.4 is 26.0 Å². The van der Waals surface area contributed by atoms with E-state index in [4.69, 9.17) is 20.7 Å². The Morgan fingerprint density at radius 2 is 1.70 bits per heavy atom. The Balaban J connectivity index is 2.16. The van der Waals surface area contributed by atoms with Crippen LogP contribution in [0.15, 0.2) is 30.0 Å². The van der Waals surface area contributed by atoms with Crippen LogP contribution in [-0.2, 0) is 59.2 Å². The molecule has 0 spiro atoms. The lowest BCUT2D eigenvalue weighted by atomic mass is 10.1. The van der Waals surface area contributed by atoms with Gasteiger partial charge in [0.2, 0.25) is 29.4 Å². The molecule has 4 amide bonds. The first-order valence-electron chi connectivity index (χ1n) is 15.4. The third-order valence-corrected chi connectivity index (χ3v) is 6.62. The number of carbonyl (C=O) groups excluding carboxylic acids is 6. The molecule has 0 saturated carbocycles. The molecule has 1 unspecified atom stereocenters. The summed E-state index contributed by atoms with van der Waals surface area (Å²) in [7, 11) is 1.37. The van der Waals surface area contributed by atoms with Crippen molar-refractivity contribution in [3.63, 3.8) is 0 Å². The molecule has 1 aliphatic heterocycles. The Kier molecular flexibility index (Phi) is 16.1. The number of carboxylic acid groups (broad SMARTS) is 2. The van der Waals surface area contributed by atoms with Crippen LogP contribution in [0.1, 0.15) is 39.0 Å². The van der Waals surface area contributed by atoms with Gasteiger partial charge in [-0.1, -0.05) is 6.07 Å². The van der Waals surface area contributed by atoms with E-state index in [1.807, 2.05) is 0 Å². The van der Waals surface area contributed by atoms with E-state index in [0.29, 0.717) is 0 Å². The highest BCUT2D eigenvalue weighted by Gasteiger charge is 2.37. The van der Waals surface area contributed by atoms with Gasteiger partial charge >= 0.3 is 11.9 Å². The van der Waals surface area contributed by atoms with Crippen molar-refractivity contribution in [2.45, 2.75) is 63.3 Å². The predicted molar refractivity (Wildman–Crippen MR) is 165 cm³/mol. The molecule has 0 saturated heterocycles. The number of amides is 4. The van der Waals surface area contributed by atoms with E-state index in [9.17, 15) is 53.7 Å². The molecule has 0 aromatic heterocycles. The number of aliphatic hydroxyl groups is 2. The predicted octanol–water partition coefficient (Wildman–Crippen LogP) is -2.31. The van der Waals surface area contributed by atoms with E-state index < -0.39 is 111 Å². The lowest BCUT2D eigenvalue weighted by Gasteiger charge is -2.31. The van der Waals surface area contributed by atoms with E-state index >= 15 is 0 Å². The summed E-state index contributed by atoms with van der Waals surface area (Å²) in [5, 5.41) is 47.8. The maximum Gasteiger partial charge on any atom is 0.371 e. The Labute approximate surface area is 285 Å². The number of carbonyl (C=O) groups is 8. The van der Waals surface area contributed by atoms with Gasteiger partial charge in [0.1, 0.15) is 30.3 Å². The number of aliphatic hydroxyl groups excluding tert-OH is 2. The summed E-state index contributed by atoms with van der Waals surface area (Å²) in [5.41, 5.74) is 0.0549. The largest absolute Gasteiger partial charge is 0.481 e. The average molecular weight is 712 g/mol. The van der Waals surface area contributed by atoms with Crippen LogP contribution >= 0.6 is 0 Å². The number of Topliss-reactive ketones (excluding diaryl/α,β-unsaturated/α-hetero) is 1. The summed E-state index contributed by atoms with van der Waals surface area (Å²) in [4.78, 5) is 95.5. The molecule has 8 N–H and O–H groups in total. The van der Waals surface area contributed by atoms with Crippen LogP contribution in [0.4, 0.5) is 5.69 Å². The molecule has 50 heavy (non-hydrogen) atoms. The van der Waals surface area contributed by atoms with Crippen LogP contribution in [0.3, 0.4) is 0 Å². The van der Waals surface area contributed by atoms with Crippen LogP contribution in [0, 0.1) is 0 Å². The fourth-order valence-corrected chi connectivity index (χ4v) is 4.05. The maximum atomic E-state index is 13.0. The molecule has 0 bridgehead atoms. The standard InChI is InChI=1S/C30H38N4O16/c1-47-9-8-23(38)31-12-19(34-24(39)6-3-17(36)4-7-26(41)42)28(44)32-13-25(40)33-18-10-16(14-48-15-35)2-5-21(18)49-30-27(43)20(37)11-22(50-30)29(45)46/h2,5,10-11,15,19-20,27,30,37,43H,3-4,6-9,12-14H2,1H3,(H,31,38)(H,32,44)(H,33,40)(H,34,39)(H,41,42)(H,45,46)/t19?,20-,27+,30+/m0/s1/i15D. The van der Waals surface area contributed by atoms with Crippen molar-refractivity contribution in [3.05, 3.63) is 35.6 Å². The van der Waals surface area contributed by atoms with Gasteiger partial charge in [0.25, 0.3) is 12.7 Å². The number of anilines is 1. The fourth-order valence-electron chi connectivity index (χ4n) is 4.05. The molecule has 0 fully saturated rings. The molecule has 1 aromatic rings.